The molecule has 6 nitrogen and oxygen atoms in total. The molecule has 0 fully saturated rings. The largest absolute Gasteiger partial charge is 0.508 e. The number of anilines is 1. The Kier molecular flexibility index (Phi) is 3.62. The number of hydrogen-bond acceptors (Lipinski definition) is 6. The quantitative estimate of drug-likeness (QED) is 0.597. The number of hydrogen-bond donors (Lipinski definition) is 2. The van der Waals surface area contributed by atoms with Gasteiger partial charge < -0.3 is 15.0 Å². The van der Waals surface area contributed by atoms with Gasteiger partial charge in [-0.15, -0.1) is 10.2 Å². The molecule has 0 aliphatic rings. The molecule has 0 radical (unpaired) electrons. The average Bonchev–Trinajstić information content (AvgIpc) is 3.21. The van der Waals surface area contributed by atoms with Crippen LogP contribution in [0.5, 0.6) is 5.75 Å². The van der Waals surface area contributed by atoms with Gasteiger partial charge in [-0.3, -0.25) is 0 Å². The molecule has 7 heteroatoms. The van der Waals surface area contributed by atoms with Crippen LogP contribution in [0.3, 0.4) is 0 Å². The Morgan fingerprint density at radius 2 is 1.88 bits per heavy atom. The van der Waals surface area contributed by atoms with Crippen LogP contribution in [0.25, 0.3) is 22.4 Å². The number of benzene rings is 2. The number of nitrogens with one attached hydrogen (secondary N) is 1. The van der Waals surface area contributed by atoms with E-state index in [-0.39, 0.29) is 5.75 Å². The van der Waals surface area contributed by atoms with Gasteiger partial charge in [0.2, 0.25) is 5.13 Å². The lowest BCUT2D eigenvalue weighted by Crippen LogP contribution is -2.02. The Morgan fingerprint density at radius 1 is 1.08 bits per heavy atom. The van der Waals surface area contributed by atoms with Gasteiger partial charge in [-0.05, 0) is 36.4 Å². The zero-order valence-corrected chi connectivity index (χ0v) is 13.8. The van der Waals surface area contributed by atoms with E-state index in [4.69, 9.17) is 4.98 Å². The van der Waals surface area contributed by atoms with Crippen molar-refractivity contribution in [3.8, 4) is 17.1 Å². The third-order valence-corrected chi connectivity index (χ3v) is 4.68. The van der Waals surface area contributed by atoms with Gasteiger partial charge in [0.15, 0.2) is 0 Å². The first-order valence-corrected chi connectivity index (χ1v) is 8.31. The lowest BCUT2D eigenvalue weighted by atomic mass is 10.2. The summed E-state index contributed by atoms with van der Waals surface area (Å²) < 4.78 is 2.13. The van der Waals surface area contributed by atoms with E-state index >= 15 is 0 Å². The Bertz CT molecular complexity index is 990. The van der Waals surface area contributed by atoms with Gasteiger partial charge in [0.1, 0.15) is 16.6 Å². The number of rotatable bonds is 4. The monoisotopic (exact) mass is 337 g/mol. The Balaban J connectivity index is 1.84. The van der Waals surface area contributed by atoms with Crippen molar-refractivity contribution >= 4 is 27.5 Å². The highest BCUT2D eigenvalue weighted by Gasteiger charge is 2.14. The van der Waals surface area contributed by atoms with E-state index < -0.39 is 0 Å². The number of imidazole rings is 1. The molecule has 0 amide bonds. The fourth-order valence-corrected chi connectivity index (χ4v) is 3.30. The SMILES string of the molecule is CNc1nnc(Cn2c(-c3ccc(O)cc3)nc3ccccc32)s1. The number of fused-ring (bicyclic) bond motifs is 1. The molecule has 2 aromatic carbocycles. The smallest absolute Gasteiger partial charge is 0.205 e. The van der Waals surface area contributed by atoms with E-state index in [1.54, 1.807) is 12.1 Å². The molecule has 120 valence electrons. The molecule has 0 unspecified atom stereocenters. The second-order valence-corrected chi connectivity index (χ2v) is 6.37. The lowest BCUT2D eigenvalue weighted by Gasteiger charge is -2.07. The van der Waals surface area contributed by atoms with Crippen LogP contribution in [0.15, 0.2) is 48.5 Å². The highest BCUT2D eigenvalue weighted by Crippen LogP contribution is 2.28. The molecule has 0 bridgehead atoms. The molecule has 2 heterocycles. The summed E-state index contributed by atoms with van der Waals surface area (Å²) in [5, 5.41) is 22.6. The third-order valence-electron chi connectivity index (χ3n) is 3.75. The van der Waals surface area contributed by atoms with Crippen LogP contribution in [-0.4, -0.2) is 31.9 Å². The summed E-state index contributed by atoms with van der Waals surface area (Å²) in [4.78, 5) is 4.76. The summed E-state index contributed by atoms with van der Waals surface area (Å²) in [6.45, 7) is 0.593. The summed E-state index contributed by atoms with van der Waals surface area (Å²) >= 11 is 1.52. The Hall–Kier alpha value is -2.93. The van der Waals surface area contributed by atoms with Crippen molar-refractivity contribution in [3.63, 3.8) is 0 Å². The van der Waals surface area contributed by atoms with Gasteiger partial charge in [-0.25, -0.2) is 4.98 Å². The number of phenolic OH excluding ortho intramolecular Hbond substituents is 1. The summed E-state index contributed by atoms with van der Waals surface area (Å²) in [5.41, 5.74) is 2.92. The second-order valence-electron chi connectivity index (χ2n) is 5.31. The second kappa shape index (κ2) is 5.93. The maximum absolute atomic E-state index is 9.53. The Labute approximate surface area is 142 Å². The first-order valence-electron chi connectivity index (χ1n) is 7.49. The Morgan fingerprint density at radius 3 is 2.62 bits per heavy atom. The van der Waals surface area contributed by atoms with Crippen molar-refractivity contribution in [1.82, 2.24) is 19.7 Å². The summed E-state index contributed by atoms with van der Waals surface area (Å²) in [6.07, 6.45) is 0. The van der Waals surface area contributed by atoms with Gasteiger partial charge in [0, 0.05) is 12.6 Å². The van der Waals surface area contributed by atoms with E-state index in [0.29, 0.717) is 6.54 Å². The molecule has 24 heavy (non-hydrogen) atoms. The van der Waals surface area contributed by atoms with Crippen molar-refractivity contribution in [1.29, 1.82) is 0 Å². The first-order chi connectivity index (χ1) is 11.7. The molecule has 0 saturated carbocycles. The van der Waals surface area contributed by atoms with Crippen LogP contribution in [0.2, 0.25) is 0 Å². The van der Waals surface area contributed by atoms with E-state index in [1.807, 2.05) is 43.4 Å². The normalized spacial score (nSPS) is 11.0. The van der Waals surface area contributed by atoms with Crippen molar-refractivity contribution in [2.75, 3.05) is 12.4 Å². The van der Waals surface area contributed by atoms with E-state index in [2.05, 4.69) is 20.1 Å². The minimum atomic E-state index is 0.240. The van der Waals surface area contributed by atoms with Gasteiger partial charge in [0.25, 0.3) is 0 Å². The van der Waals surface area contributed by atoms with E-state index in [1.165, 1.54) is 11.3 Å². The maximum Gasteiger partial charge on any atom is 0.205 e. The van der Waals surface area contributed by atoms with Crippen LogP contribution in [0.4, 0.5) is 5.13 Å². The van der Waals surface area contributed by atoms with Gasteiger partial charge >= 0.3 is 0 Å². The van der Waals surface area contributed by atoms with Crippen molar-refractivity contribution in [2.24, 2.45) is 0 Å². The topological polar surface area (TPSA) is 75.9 Å². The van der Waals surface area contributed by atoms with Crippen molar-refractivity contribution in [2.45, 2.75) is 6.54 Å². The summed E-state index contributed by atoms with van der Waals surface area (Å²) in [6, 6.07) is 15.1. The molecule has 0 saturated heterocycles. The summed E-state index contributed by atoms with van der Waals surface area (Å²) in [5.74, 6) is 1.08. The molecule has 4 aromatic rings. The van der Waals surface area contributed by atoms with E-state index in [0.717, 1.165) is 32.6 Å². The number of para-hydroxylation sites is 2. The third kappa shape index (κ3) is 2.59. The predicted molar refractivity (Wildman–Crippen MR) is 95.4 cm³/mol. The number of aromatic hydroxyl groups is 1. The van der Waals surface area contributed by atoms with Crippen LogP contribution in [-0.2, 0) is 6.54 Å². The highest BCUT2D eigenvalue weighted by molar-refractivity contribution is 7.15. The molecule has 2 aromatic heterocycles. The lowest BCUT2D eigenvalue weighted by molar-refractivity contribution is 0.475. The number of nitrogens with zero attached hydrogens (tertiary/aromatic N) is 4. The minimum absolute atomic E-state index is 0.240. The van der Waals surface area contributed by atoms with Gasteiger partial charge in [-0.1, -0.05) is 23.5 Å². The van der Waals surface area contributed by atoms with Crippen molar-refractivity contribution in [3.05, 3.63) is 53.5 Å². The van der Waals surface area contributed by atoms with Gasteiger partial charge in [0.05, 0.1) is 17.6 Å². The molecular formula is C17H15N5OS. The predicted octanol–water partition coefficient (Wildman–Crippen LogP) is 3.35. The van der Waals surface area contributed by atoms with Crippen molar-refractivity contribution < 1.29 is 5.11 Å². The minimum Gasteiger partial charge on any atom is -0.508 e. The molecule has 2 N–H and O–H groups in total. The number of phenols is 1. The van der Waals surface area contributed by atoms with Crippen LogP contribution < -0.4 is 5.32 Å². The molecule has 0 aliphatic heterocycles. The molecule has 0 aliphatic carbocycles. The zero-order chi connectivity index (χ0) is 16.5. The molecule has 4 rings (SSSR count). The van der Waals surface area contributed by atoms with E-state index in [9.17, 15) is 5.11 Å². The van der Waals surface area contributed by atoms with Crippen LogP contribution in [0, 0.1) is 0 Å². The van der Waals surface area contributed by atoms with Crippen LogP contribution in [0.1, 0.15) is 5.01 Å². The number of aromatic nitrogens is 4. The fourth-order valence-electron chi connectivity index (χ4n) is 2.62. The highest BCUT2D eigenvalue weighted by atomic mass is 32.1. The first kappa shape index (κ1) is 14.6. The zero-order valence-electron chi connectivity index (χ0n) is 13.0. The van der Waals surface area contributed by atoms with Crippen LogP contribution >= 0.6 is 11.3 Å². The molecule has 0 atom stereocenters. The fraction of sp³-hybridized carbons (Fsp3) is 0.118. The van der Waals surface area contributed by atoms with Gasteiger partial charge in [-0.2, -0.15) is 0 Å². The maximum atomic E-state index is 9.53. The molecular weight excluding hydrogens is 322 g/mol. The standard InChI is InChI=1S/C17H15N5OS/c1-18-17-21-20-15(24-17)10-22-14-5-3-2-4-13(14)19-16(22)11-6-8-12(23)9-7-11/h2-9,23H,10H2,1H3,(H,18,21). The summed E-state index contributed by atoms with van der Waals surface area (Å²) in [7, 11) is 1.83. The average molecular weight is 337 g/mol. The molecule has 0 spiro atoms.